The standard InChI is InChI=1S/C9H8BrFO/c10-6-5-9(12)7-1-3-8(11)4-2-7/h1-4H,5-6H2. The van der Waals surface area contributed by atoms with Crippen LogP contribution >= 0.6 is 15.9 Å². The average molecular weight is 231 g/mol. The van der Waals surface area contributed by atoms with Crippen molar-refractivity contribution in [1.29, 1.82) is 0 Å². The molecule has 0 amide bonds. The molecule has 0 aliphatic rings. The number of hydrogen-bond acceptors (Lipinski definition) is 1. The zero-order valence-corrected chi connectivity index (χ0v) is 7.97. The predicted molar refractivity (Wildman–Crippen MR) is 49.1 cm³/mol. The van der Waals surface area contributed by atoms with Crippen LogP contribution < -0.4 is 0 Å². The molecule has 0 spiro atoms. The summed E-state index contributed by atoms with van der Waals surface area (Å²) in [7, 11) is 0. The summed E-state index contributed by atoms with van der Waals surface area (Å²) < 4.78 is 12.4. The maximum atomic E-state index is 12.4. The van der Waals surface area contributed by atoms with Crippen molar-refractivity contribution < 1.29 is 9.18 Å². The molecule has 0 aliphatic carbocycles. The Morgan fingerprint density at radius 2 is 1.92 bits per heavy atom. The van der Waals surface area contributed by atoms with E-state index in [2.05, 4.69) is 15.9 Å². The van der Waals surface area contributed by atoms with Crippen LogP contribution in [0.1, 0.15) is 16.8 Å². The molecule has 64 valence electrons. The minimum atomic E-state index is -0.314. The fourth-order valence-electron chi connectivity index (χ4n) is 0.866. The lowest BCUT2D eigenvalue weighted by Gasteiger charge is -1.96. The first-order valence-corrected chi connectivity index (χ1v) is 4.71. The van der Waals surface area contributed by atoms with E-state index in [9.17, 15) is 9.18 Å². The number of halogens is 2. The van der Waals surface area contributed by atoms with E-state index in [1.807, 2.05) is 0 Å². The van der Waals surface area contributed by atoms with Gasteiger partial charge in [-0.15, -0.1) is 0 Å². The molecule has 0 heterocycles. The molecule has 0 radical (unpaired) electrons. The van der Waals surface area contributed by atoms with Gasteiger partial charge in [-0.25, -0.2) is 4.39 Å². The largest absolute Gasteiger partial charge is 0.294 e. The van der Waals surface area contributed by atoms with Gasteiger partial charge >= 0.3 is 0 Å². The summed E-state index contributed by atoms with van der Waals surface area (Å²) in [5.74, 6) is -0.280. The van der Waals surface area contributed by atoms with Gasteiger partial charge in [0.25, 0.3) is 0 Å². The summed E-state index contributed by atoms with van der Waals surface area (Å²) in [4.78, 5) is 11.2. The van der Waals surface area contributed by atoms with Crippen LogP contribution in [0.25, 0.3) is 0 Å². The molecule has 0 aromatic heterocycles. The Bertz CT molecular complexity index is 268. The third-order valence-electron chi connectivity index (χ3n) is 1.49. The lowest BCUT2D eigenvalue weighted by molar-refractivity contribution is 0.0990. The molecule has 0 saturated carbocycles. The maximum Gasteiger partial charge on any atom is 0.163 e. The van der Waals surface area contributed by atoms with Crippen molar-refractivity contribution in [2.24, 2.45) is 0 Å². The Balaban J connectivity index is 2.75. The lowest BCUT2D eigenvalue weighted by atomic mass is 10.1. The van der Waals surface area contributed by atoms with Gasteiger partial charge in [0.1, 0.15) is 5.82 Å². The highest BCUT2D eigenvalue weighted by Gasteiger charge is 2.03. The first-order valence-electron chi connectivity index (χ1n) is 3.59. The Hall–Kier alpha value is -0.700. The van der Waals surface area contributed by atoms with Gasteiger partial charge in [0.15, 0.2) is 5.78 Å². The van der Waals surface area contributed by atoms with E-state index >= 15 is 0 Å². The molecule has 0 N–H and O–H groups in total. The maximum absolute atomic E-state index is 12.4. The molecule has 0 fully saturated rings. The Kier molecular flexibility index (Phi) is 3.41. The summed E-state index contributed by atoms with van der Waals surface area (Å²) in [6, 6.07) is 5.59. The summed E-state index contributed by atoms with van der Waals surface area (Å²) in [5, 5.41) is 0.642. The number of rotatable bonds is 3. The SMILES string of the molecule is O=C(CCBr)c1ccc(F)cc1. The van der Waals surface area contributed by atoms with Crippen molar-refractivity contribution in [3.63, 3.8) is 0 Å². The van der Waals surface area contributed by atoms with E-state index in [-0.39, 0.29) is 11.6 Å². The molecule has 1 aromatic carbocycles. The van der Waals surface area contributed by atoms with Gasteiger partial charge in [-0.05, 0) is 24.3 Å². The van der Waals surface area contributed by atoms with Crippen LogP contribution in [0.5, 0.6) is 0 Å². The predicted octanol–water partition coefficient (Wildman–Crippen LogP) is 2.79. The van der Waals surface area contributed by atoms with Crippen molar-refractivity contribution in [3.05, 3.63) is 35.6 Å². The van der Waals surface area contributed by atoms with Gasteiger partial charge in [-0.2, -0.15) is 0 Å². The molecule has 3 heteroatoms. The smallest absolute Gasteiger partial charge is 0.163 e. The van der Waals surface area contributed by atoms with Crippen LogP contribution in [-0.2, 0) is 0 Å². The van der Waals surface area contributed by atoms with E-state index in [1.165, 1.54) is 24.3 Å². The van der Waals surface area contributed by atoms with Crippen LogP contribution in [0, 0.1) is 5.82 Å². The Morgan fingerprint density at radius 3 is 2.42 bits per heavy atom. The second kappa shape index (κ2) is 4.36. The number of ketones is 1. The topological polar surface area (TPSA) is 17.1 Å². The number of carbonyl (C=O) groups is 1. The quantitative estimate of drug-likeness (QED) is 0.577. The number of hydrogen-bond donors (Lipinski definition) is 0. The monoisotopic (exact) mass is 230 g/mol. The van der Waals surface area contributed by atoms with Crippen molar-refractivity contribution in [2.75, 3.05) is 5.33 Å². The lowest BCUT2D eigenvalue weighted by Crippen LogP contribution is -1.98. The minimum Gasteiger partial charge on any atom is -0.294 e. The number of benzene rings is 1. The van der Waals surface area contributed by atoms with Gasteiger partial charge in [0.05, 0.1) is 0 Å². The van der Waals surface area contributed by atoms with E-state index in [4.69, 9.17) is 0 Å². The number of carbonyl (C=O) groups excluding carboxylic acids is 1. The third-order valence-corrected chi connectivity index (χ3v) is 1.88. The van der Waals surface area contributed by atoms with E-state index in [1.54, 1.807) is 0 Å². The normalized spacial score (nSPS) is 9.83. The van der Waals surface area contributed by atoms with Crippen LogP contribution in [-0.4, -0.2) is 11.1 Å². The van der Waals surface area contributed by atoms with Gasteiger partial charge in [0, 0.05) is 17.3 Å². The zero-order valence-electron chi connectivity index (χ0n) is 6.39. The number of Topliss-reactive ketones (excluding diaryl/α,β-unsaturated/α-hetero) is 1. The summed E-state index contributed by atoms with van der Waals surface area (Å²) >= 11 is 3.17. The Morgan fingerprint density at radius 1 is 1.33 bits per heavy atom. The second-order valence-electron chi connectivity index (χ2n) is 2.37. The van der Waals surface area contributed by atoms with E-state index in [0.717, 1.165) is 0 Å². The van der Waals surface area contributed by atoms with E-state index < -0.39 is 0 Å². The highest BCUT2D eigenvalue weighted by Crippen LogP contribution is 2.06. The molecule has 1 nitrogen and oxygen atoms in total. The molecule has 0 atom stereocenters. The fraction of sp³-hybridized carbons (Fsp3) is 0.222. The van der Waals surface area contributed by atoms with Crippen LogP contribution in [0.15, 0.2) is 24.3 Å². The van der Waals surface area contributed by atoms with Crippen LogP contribution in [0.3, 0.4) is 0 Å². The van der Waals surface area contributed by atoms with Crippen LogP contribution in [0.4, 0.5) is 4.39 Å². The number of alkyl halides is 1. The van der Waals surface area contributed by atoms with Gasteiger partial charge in [-0.3, -0.25) is 4.79 Å². The molecule has 0 saturated heterocycles. The van der Waals surface area contributed by atoms with Gasteiger partial charge in [0.2, 0.25) is 0 Å². The minimum absolute atomic E-state index is 0.0341. The first kappa shape index (κ1) is 9.39. The summed E-state index contributed by atoms with van der Waals surface area (Å²) in [5.41, 5.74) is 0.566. The first-order chi connectivity index (χ1) is 5.74. The Labute approximate surface area is 78.7 Å². The third kappa shape index (κ3) is 2.41. The highest BCUT2D eigenvalue weighted by molar-refractivity contribution is 9.09. The fourth-order valence-corrected chi connectivity index (χ4v) is 1.23. The molecule has 12 heavy (non-hydrogen) atoms. The molecule has 0 bridgehead atoms. The van der Waals surface area contributed by atoms with Gasteiger partial charge in [-0.1, -0.05) is 15.9 Å². The molecule has 0 aliphatic heterocycles. The molecule has 1 aromatic rings. The molecule has 0 unspecified atom stereocenters. The van der Waals surface area contributed by atoms with E-state index in [0.29, 0.717) is 17.3 Å². The van der Waals surface area contributed by atoms with Crippen molar-refractivity contribution in [1.82, 2.24) is 0 Å². The highest BCUT2D eigenvalue weighted by atomic mass is 79.9. The molecule has 1 rings (SSSR count). The van der Waals surface area contributed by atoms with Crippen molar-refractivity contribution in [3.8, 4) is 0 Å². The van der Waals surface area contributed by atoms with Crippen molar-refractivity contribution >= 4 is 21.7 Å². The van der Waals surface area contributed by atoms with Crippen LogP contribution in [0.2, 0.25) is 0 Å². The zero-order chi connectivity index (χ0) is 8.97. The summed E-state index contributed by atoms with van der Waals surface area (Å²) in [6.45, 7) is 0. The molecular weight excluding hydrogens is 223 g/mol. The average Bonchev–Trinajstić information content (AvgIpc) is 2.06. The van der Waals surface area contributed by atoms with Crippen molar-refractivity contribution in [2.45, 2.75) is 6.42 Å². The van der Waals surface area contributed by atoms with Gasteiger partial charge < -0.3 is 0 Å². The summed E-state index contributed by atoms with van der Waals surface area (Å²) in [6.07, 6.45) is 0.450. The second-order valence-corrected chi connectivity index (χ2v) is 3.16. The molecular formula is C9H8BrFO.